The highest BCUT2D eigenvalue weighted by Crippen LogP contribution is 2.52. The summed E-state index contributed by atoms with van der Waals surface area (Å²) in [5.41, 5.74) is 42.5. The van der Waals surface area contributed by atoms with Crippen molar-refractivity contribution in [1.82, 2.24) is 95.7 Å². The highest BCUT2D eigenvalue weighted by molar-refractivity contribution is 5.99. The van der Waals surface area contributed by atoms with Crippen LogP contribution in [0.5, 0.6) is 23.0 Å². The van der Waals surface area contributed by atoms with E-state index in [1.807, 2.05) is 0 Å². The van der Waals surface area contributed by atoms with Gasteiger partial charge < -0.3 is 162 Å². The number of ether oxygens (including phenoxy) is 1. The monoisotopic (exact) mass is 1730 g/mol. The van der Waals surface area contributed by atoms with Gasteiger partial charge in [0.25, 0.3) is 5.91 Å². The van der Waals surface area contributed by atoms with Gasteiger partial charge in [0.05, 0.1) is 19.6 Å². The van der Waals surface area contributed by atoms with Crippen LogP contribution in [0.15, 0.2) is 60.7 Å². The molecule has 44 N–H and O–H groups in total. The molecule has 3 aromatic rings. The third kappa shape index (κ3) is 38.0. The van der Waals surface area contributed by atoms with Gasteiger partial charge in [-0.1, -0.05) is 24.6 Å². The van der Waals surface area contributed by atoms with Gasteiger partial charge in [-0.3, -0.25) is 95.4 Å². The predicted octanol–water partition coefficient (Wildman–Crippen LogP) is -8.15. The summed E-state index contributed by atoms with van der Waals surface area (Å²) in [4.78, 5) is 165. The van der Waals surface area contributed by atoms with Gasteiger partial charge in [-0.15, -0.1) is 0 Å². The molecule has 1 aliphatic heterocycles. The Morgan fingerprint density at radius 1 is 0.317 bits per heavy atom. The first-order valence-electron chi connectivity index (χ1n) is 39.6. The maximum absolute atomic E-state index is 14.4. The van der Waals surface area contributed by atoms with Gasteiger partial charge in [-0.05, 0) is 133 Å². The number of nitrogens with two attached hydrogens (primary N) is 8. The molecule has 0 aromatic heterocycles. The minimum atomic E-state index is -1.98. The molecule has 0 radical (unpaired) electrons. The summed E-state index contributed by atoms with van der Waals surface area (Å²) in [6.07, 6.45) is 1.03. The molecule has 49 nitrogen and oxygen atoms in total. The zero-order valence-electron chi connectivity index (χ0n) is 68.1. The van der Waals surface area contributed by atoms with Gasteiger partial charge in [0.2, 0.25) is 65.0 Å². The summed E-state index contributed by atoms with van der Waals surface area (Å²) >= 11 is 0. The lowest BCUT2D eigenvalue weighted by molar-refractivity contribution is -0.134. The smallest absolute Gasteiger partial charge is 0.251 e. The van der Waals surface area contributed by atoms with Gasteiger partial charge in [0.15, 0.2) is 41.7 Å². The Balaban J connectivity index is 1.45. The molecule has 0 bridgehead atoms. The third-order valence-corrected chi connectivity index (χ3v) is 18.6. The Kier molecular flexibility index (Phi) is 43.6. The van der Waals surface area contributed by atoms with E-state index in [0.29, 0.717) is 19.3 Å². The highest BCUT2D eigenvalue weighted by Gasteiger charge is 2.45. The average molecular weight is 1730 g/mol. The number of aromatic hydroxyl groups is 2. The maximum Gasteiger partial charge on any atom is 0.251 e. The number of phenolic OH excluding ortho intramolecular Hbond substituents is 2. The Labute approximate surface area is 708 Å². The van der Waals surface area contributed by atoms with Crippen LogP contribution in [0.25, 0.3) is 0 Å². The number of carbonyl (C=O) groups excluding carboxylic acids is 12. The fourth-order valence-corrected chi connectivity index (χ4v) is 12.5. The van der Waals surface area contributed by atoms with Gasteiger partial charge in [0, 0.05) is 93.2 Å². The second-order valence-corrected chi connectivity index (χ2v) is 28.4. The molecular weight excluding hydrogens is 1610 g/mol. The molecule has 0 saturated heterocycles. The van der Waals surface area contributed by atoms with Crippen molar-refractivity contribution in [1.29, 1.82) is 37.9 Å². The molecule has 123 heavy (non-hydrogen) atoms. The van der Waals surface area contributed by atoms with E-state index in [4.69, 9.17) is 88.5 Å². The van der Waals surface area contributed by atoms with Crippen LogP contribution in [-0.4, -0.2) is 242 Å². The Bertz CT molecular complexity index is 4160. The summed E-state index contributed by atoms with van der Waals surface area (Å²) < 4.78 is 5.96. The topological polar surface area (TPSA) is 866 Å². The van der Waals surface area contributed by atoms with Crippen LogP contribution in [0.2, 0.25) is 0 Å². The quantitative estimate of drug-likeness (QED) is 0.0142. The number of fused-ring (bicyclic) bond motifs is 2. The molecule has 49 heteroatoms. The Hall–Kier alpha value is -14.5. The highest BCUT2D eigenvalue weighted by atomic mass is 16.5. The number of phenols is 2. The van der Waals surface area contributed by atoms with E-state index in [2.05, 4.69) is 95.7 Å². The molecule has 12 amide bonds. The molecule has 4 rings (SSSR count). The number of primary amides is 1. The molecule has 0 fully saturated rings. The molecule has 3 aromatic carbocycles. The van der Waals surface area contributed by atoms with Gasteiger partial charge >= 0.3 is 0 Å². The number of benzene rings is 3. The van der Waals surface area contributed by atoms with Gasteiger partial charge in [0.1, 0.15) is 70.9 Å². The van der Waals surface area contributed by atoms with Crippen LogP contribution >= 0.6 is 0 Å². The first-order valence-corrected chi connectivity index (χ1v) is 39.6. The standard InChI is InChI=1S/C74H119N33O16/c75-59(114)46(15-6-28-91-67(76)77)105-64(119)50(19-10-32-95-71(84)85)102-57(112)38-99-62(117)48(17-8-30-93-69(80)81)107-66(121)52(21-12-34-97-73(88)89)104-58(113)39-100-63(118)49(18-9-31-94-70(82)83)106-65(120)51(20-11-33-96-72(86)87)103-56(111)37-98-61(116)47(16-7-29-92-68(78)79)101-55(110)22-2-1-5-27-90-60(115)42-13-3-4-14-43(42)74(122)44-25-23-40(108)35-53(44)123-54-36-41(109)24-26-45(54)74/h3-4,13-14,23-26,35-36,46-52,108-109,122H,1-2,5-12,15-22,27-34,37-39H2,(H2,75,114)(H,90,115)(H,98,116)(H,99,117)(H,100,118)(H,101,110)(H,102,112)(H,103,111)(H,104,113)(H,105,119)(H,106,120)(H,107,121)(H4,76,77,91)(H4,78,79,92)(H4,80,81,93)(H4,82,83,94)(H4,84,85,95)(H4,86,87,96)(H4,88,89,97)/t46-,47-,48-,49-,50-,51-,52-/m0/s1. The van der Waals surface area contributed by atoms with Crippen LogP contribution in [0, 0.1) is 37.9 Å². The number of guanidine groups is 7. The van der Waals surface area contributed by atoms with Crippen LogP contribution in [0.4, 0.5) is 0 Å². The van der Waals surface area contributed by atoms with Crippen molar-refractivity contribution in [3.63, 3.8) is 0 Å². The molecule has 0 saturated carbocycles. The fraction of sp³-hybridized carbons (Fsp3) is 0.500. The first-order chi connectivity index (χ1) is 58.4. The van der Waals surface area contributed by atoms with Crippen molar-refractivity contribution in [2.75, 3.05) is 72.0 Å². The number of carbonyl (C=O) groups is 12. The lowest BCUT2D eigenvalue weighted by Crippen LogP contribution is -2.57. The first kappa shape index (κ1) is 101. The van der Waals surface area contributed by atoms with Crippen LogP contribution in [0.3, 0.4) is 0 Å². The van der Waals surface area contributed by atoms with Gasteiger partial charge in [-0.25, -0.2) is 0 Å². The third-order valence-electron chi connectivity index (χ3n) is 18.6. The van der Waals surface area contributed by atoms with E-state index >= 15 is 0 Å². The SMILES string of the molecule is N=C(N)NCCC[C@H](NC(=O)[C@H](CCCNC(=N)N)NC(=O)CNC(=O)[C@H](CCCNC(=N)N)NC(=O)[C@H](CCCNC(=N)N)NC(=O)CNC(=O)[C@H](CCCNC(=N)N)NC(=O)[C@H](CCCNC(=N)N)NC(=O)CNC(=O)[C@H](CCCNC(=N)N)NC(=O)CCCCCNC(=O)c1ccccc1C1(O)c2ccc(O)cc2Oc2cc(O)ccc21)C(N)=O. The van der Waals surface area contributed by atoms with Crippen molar-refractivity contribution < 1.29 is 77.6 Å². The van der Waals surface area contributed by atoms with Crippen LogP contribution < -0.4 is 146 Å². The number of unbranched alkanes of at least 4 members (excludes halogenated alkanes) is 2. The molecule has 0 aliphatic carbocycles. The van der Waals surface area contributed by atoms with Crippen LogP contribution in [0.1, 0.15) is 143 Å². The van der Waals surface area contributed by atoms with Crippen molar-refractivity contribution in [2.24, 2.45) is 45.9 Å². The van der Waals surface area contributed by atoms with Crippen molar-refractivity contribution in [3.8, 4) is 23.0 Å². The van der Waals surface area contributed by atoms with E-state index in [-0.39, 0.29) is 212 Å². The average Bonchev–Trinajstić information content (AvgIpc) is 0.719. The molecule has 1 heterocycles. The number of aliphatic hydroxyl groups is 1. The largest absolute Gasteiger partial charge is 0.508 e. The van der Waals surface area contributed by atoms with Crippen molar-refractivity contribution in [2.45, 2.75) is 163 Å². The minimum Gasteiger partial charge on any atom is -0.508 e. The molecule has 1 aliphatic rings. The summed E-state index contributed by atoms with van der Waals surface area (Å²) in [5.74, 6) is -13.2. The van der Waals surface area contributed by atoms with Gasteiger partial charge in [-0.2, -0.15) is 0 Å². The summed E-state index contributed by atoms with van der Waals surface area (Å²) in [6.45, 7) is -1.87. The summed E-state index contributed by atoms with van der Waals surface area (Å²) in [5, 5.41) is 132. The second-order valence-electron chi connectivity index (χ2n) is 28.4. The lowest BCUT2D eigenvalue weighted by Gasteiger charge is -2.37. The number of rotatable bonds is 56. The molecular formula is C74H119N33O16. The molecule has 676 valence electrons. The van der Waals surface area contributed by atoms with E-state index < -0.39 is 162 Å². The molecule has 0 unspecified atom stereocenters. The molecule has 0 spiro atoms. The van der Waals surface area contributed by atoms with Crippen molar-refractivity contribution >= 4 is 113 Å². The normalized spacial score (nSPS) is 13.1. The number of amides is 12. The Morgan fingerprint density at radius 2 is 0.602 bits per heavy atom. The van der Waals surface area contributed by atoms with E-state index in [9.17, 15) is 72.9 Å². The van der Waals surface area contributed by atoms with E-state index in [1.54, 1.807) is 18.2 Å². The van der Waals surface area contributed by atoms with Crippen molar-refractivity contribution in [3.05, 3.63) is 82.9 Å². The maximum atomic E-state index is 14.4. The number of hydrogen-bond donors (Lipinski definition) is 36. The predicted molar refractivity (Wildman–Crippen MR) is 451 cm³/mol. The summed E-state index contributed by atoms with van der Waals surface area (Å²) in [6, 6.07) is 4.90. The Morgan fingerprint density at radius 3 is 0.927 bits per heavy atom. The second kappa shape index (κ2) is 53.2. The lowest BCUT2D eigenvalue weighted by atomic mass is 9.76. The zero-order chi connectivity index (χ0) is 91.1. The molecule has 7 atom stereocenters. The fourth-order valence-electron chi connectivity index (χ4n) is 12.5. The van der Waals surface area contributed by atoms with E-state index in [1.165, 1.54) is 42.5 Å². The van der Waals surface area contributed by atoms with Crippen LogP contribution in [-0.2, 0) is 58.3 Å². The number of nitrogens with one attached hydrogen (secondary N) is 25. The number of hydrogen-bond acceptors (Lipinski definition) is 23. The summed E-state index contributed by atoms with van der Waals surface area (Å²) in [7, 11) is 0. The van der Waals surface area contributed by atoms with E-state index in [0.717, 1.165) is 0 Å². The minimum absolute atomic E-state index is 0.00175. The zero-order valence-corrected chi connectivity index (χ0v) is 68.1.